The van der Waals surface area contributed by atoms with E-state index in [1.165, 1.54) is 6.33 Å². The molecule has 0 aliphatic rings. The first-order valence-electron chi connectivity index (χ1n) is 5.75. The topological polar surface area (TPSA) is 63.8 Å². The lowest BCUT2D eigenvalue weighted by Crippen LogP contribution is -2.09. The summed E-state index contributed by atoms with van der Waals surface area (Å²) in [4.78, 5) is 7.83. The van der Waals surface area contributed by atoms with Gasteiger partial charge < -0.3 is 5.11 Å². The summed E-state index contributed by atoms with van der Waals surface area (Å²) in [6, 6.07) is 1.93. The minimum absolute atomic E-state index is 0.685. The van der Waals surface area contributed by atoms with E-state index in [2.05, 4.69) is 15.1 Å². The maximum atomic E-state index is 10.3. The highest BCUT2D eigenvalue weighted by atomic mass is 16.3. The first-order valence-corrected chi connectivity index (χ1v) is 5.75. The van der Waals surface area contributed by atoms with Crippen LogP contribution in [-0.4, -0.2) is 24.9 Å². The van der Waals surface area contributed by atoms with Gasteiger partial charge in [-0.25, -0.2) is 9.97 Å². The minimum Gasteiger partial charge on any atom is -0.382 e. The van der Waals surface area contributed by atoms with E-state index in [4.69, 9.17) is 0 Å². The molecule has 5 heteroatoms. The Kier molecular flexibility index (Phi) is 3.49. The van der Waals surface area contributed by atoms with E-state index in [1.807, 2.05) is 24.6 Å². The molecule has 0 aliphatic carbocycles. The molecule has 17 heavy (non-hydrogen) atoms. The van der Waals surface area contributed by atoms with Crippen molar-refractivity contribution in [1.82, 2.24) is 19.7 Å². The molecule has 0 radical (unpaired) electrons. The fourth-order valence-electron chi connectivity index (χ4n) is 1.76. The standard InChI is InChI=1S/C12H16N4O/c1-3-10-5-11(16(4-2)15-10)12(17)9-6-13-8-14-7-9/h5-8,12,17H,3-4H2,1-2H3. The van der Waals surface area contributed by atoms with E-state index in [0.717, 1.165) is 24.4 Å². The SMILES string of the molecule is CCc1cc(C(O)c2cncnc2)n(CC)n1. The number of nitrogens with zero attached hydrogens (tertiary/aromatic N) is 4. The molecule has 0 saturated heterocycles. The molecule has 1 unspecified atom stereocenters. The van der Waals surface area contributed by atoms with Crippen LogP contribution in [0.3, 0.4) is 0 Å². The Morgan fingerprint density at radius 3 is 2.59 bits per heavy atom. The number of aromatic nitrogens is 4. The van der Waals surface area contributed by atoms with Crippen molar-refractivity contribution < 1.29 is 5.11 Å². The molecule has 1 N–H and O–H groups in total. The van der Waals surface area contributed by atoms with E-state index in [-0.39, 0.29) is 0 Å². The van der Waals surface area contributed by atoms with Crippen molar-refractivity contribution in [3.63, 3.8) is 0 Å². The molecular weight excluding hydrogens is 216 g/mol. The average molecular weight is 232 g/mol. The van der Waals surface area contributed by atoms with Crippen LogP contribution < -0.4 is 0 Å². The van der Waals surface area contributed by atoms with Crippen LogP contribution in [0.15, 0.2) is 24.8 Å². The number of aryl methyl sites for hydroxylation is 2. The van der Waals surface area contributed by atoms with Gasteiger partial charge >= 0.3 is 0 Å². The molecule has 0 aliphatic heterocycles. The second kappa shape index (κ2) is 5.05. The van der Waals surface area contributed by atoms with Crippen molar-refractivity contribution in [3.8, 4) is 0 Å². The molecule has 2 heterocycles. The van der Waals surface area contributed by atoms with Gasteiger partial charge in [0.2, 0.25) is 0 Å². The molecule has 0 aromatic carbocycles. The maximum absolute atomic E-state index is 10.3. The summed E-state index contributed by atoms with van der Waals surface area (Å²) in [5.74, 6) is 0. The molecule has 2 rings (SSSR count). The highest BCUT2D eigenvalue weighted by molar-refractivity contribution is 5.23. The first-order chi connectivity index (χ1) is 8.26. The summed E-state index contributed by atoms with van der Waals surface area (Å²) in [6.45, 7) is 4.79. The van der Waals surface area contributed by atoms with Crippen LogP contribution in [0.1, 0.15) is 36.9 Å². The van der Waals surface area contributed by atoms with Gasteiger partial charge in [0.1, 0.15) is 12.4 Å². The van der Waals surface area contributed by atoms with E-state index in [9.17, 15) is 5.11 Å². The molecule has 0 bridgehead atoms. The molecule has 1 atom stereocenters. The van der Waals surface area contributed by atoms with Gasteiger partial charge in [-0.15, -0.1) is 0 Å². The molecule has 0 spiro atoms. The Morgan fingerprint density at radius 2 is 2.00 bits per heavy atom. The van der Waals surface area contributed by atoms with E-state index in [0.29, 0.717) is 5.56 Å². The third-order valence-corrected chi connectivity index (χ3v) is 2.70. The van der Waals surface area contributed by atoms with Crippen LogP contribution in [0.5, 0.6) is 0 Å². The molecule has 0 amide bonds. The average Bonchev–Trinajstić information content (AvgIpc) is 2.82. The molecule has 2 aromatic rings. The van der Waals surface area contributed by atoms with Crippen molar-refractivity contribution >= 4 is 0 Å². The lowest BCUT2D eigenvalue weighted by molar-refractivity contribution is 0.207. The zero-order valence-corrected chi connectivity index (χ0v) is 10.0. The van der Waals surface area contributed by atoms with Crippen molar-refractivity contribution in [3.05, 3.63) is 41.7 Å². The van der Waals surface area contributed by atoms with Gasteiger partial charge in [-0.3, -0.25) is 4.68 Å². The number of hydrogen-bond acceptors (Lipinski definition) is 4. The lowest BCUT2D eigenvalue weighted by atomic mass is 10.1. The molecular formula is C12H16N4O. The fourth-order valence-corrected chi connectivity index (χ4v) is 1.76. The van der Waals surface area contributed by atoms with Gasteiger partial charge in [0.25, 0.3) is 0 Å². The van der Waals surface area contributed by atoms with Gasteiger partial charge in [0.05, 0.1) is 11.4 Å². The first kappa shape index (κ1) is 11.7. The Bertz CT molecular complexity index is 481. The molecule has 90 valence electrons. The zero-order chi connectivity index (χ0) is 12.3. The Balaban J connectivity index is 2.36. The quantitative estimate of drug-likeness (QED) is 0.864. The Morgan fingerprint density at radius 1 is 1.29 bits per heavy atom. The molecule has 2 aromatic heterocycles. The largest absolute Gasteiger partial charge is 0.382 e. The Hall–Kier alpha value is -1.75. The summed E-state index contributed by atoms with van der Waals surface area (Å²) < 4.78 is 1.82. The maximum Gasteiger partial charge on any atom is 0.124 e. The number of aliphatic hydroxyl groups excluding tert-OH is 1. The van der Waals surface area contributed by atoms with Crippen LogP contribution in [0.2, 0.25) is 0 Å². The van der Waals surface area contributed by atoms with E-state index < -0.39 is 6.10 Å². The number of rotatable bonds is 4. The highest BCUT2D eigenvalue weighted by Gasteiger charge is 2.17. The minimum atomic E-state index is -0.719. The monoisotopic (exact) mass is 232 g/mol. The number of hydrogen-bond donors (Lipinski definition) is 1. The van der Waals surface area contributed by atoms with Gasteiger partial charge in [0.15, 0.2) is 0 Å². The van der Waals surface area contributed by atoms with Crippen molar-refractivity contribution in [2.24, 2.45) is 0 Å². The predicted molar refractivity (Wildman–Crippen MR) is 63.4 cm³/mol. The molecule has 5 nitrogen and oxygen atoms in total. The van der Waals surface area contributed by atoms with E-state index >= 15 is 0 Å². The number of aliphatic hydroxyl groups is 1. The van der Waals surface area contributed by atoms with Crippen LogP contribution in [0.4, 0.5) is 0 Å². The van der Waals surface area contributed by atoms with E-state index in [1.54, 1.807) is 12.4 Å². The smallest absolute Gasteiger partial charge is 0.124 e. The van der Waals surface area contributed by atoms with Gasteiger partial charge in [-0.1, -0.05) is 6.92 Å². The van der Waals surface area contributed by atoms with Gasteiger partial charge in [-0.05, 0) is 19.4 Å². The summed E-state index contributed by atoms with van der Waals surface area (Å²) in [5.41, 5.74) is 2.46. The van der Waals surface area contributed by atoms with Crippen LogP contribution >= 0.6 is 0 Å². The molecule has 0 fully saturated rings. The summed E-state index contributed by atoms with van der Waals surface area (Å²) >= 11 is 0. The fraction of sp³-hybridized carbons (Fsp3) is 0.417. The Labute approximate surface area is 100 Å². The predicted octanol–water partition coefficient (Wildman–Crippen LogP) is 1.34. The van der Waals surface area contributed by atoms with Crippen molar-refractivity contribution in [2.45, 2.75) is 32.9 Å². The normalized spacial score (nSPS) is 12.6. The van der Waals surface area contributed by atoms with Crippen LogP contribution in [0.25, 0.3) is 0 Å². The zero-order valence-electron chi connectivity index (χ0n) is 10.0. The highest BCUT2D eigenvalue weighted by Crippen LogP contribution is 2.21. The van der Waals surface area contributed by atoms with Crippen LogP contribution in [-0.2, 0) is 13.0 Å². The summed E-state index contributed by atoms with van der Waals surface area (Å²) in [6.07, 6.45) is 4.83. The van der Waals surface area contributed by atoms with Crippen LogP contribution in [0, 0.1) is 0 Å². The third kappa shape index (κ3) is 2.34. The molecule has 0 saturated carbocycles. The van der Waals surface area contributed by atoms with Gasteiger partial charge in [-0.2, -0.15) is 5.10 Å². The lowest BCUT2D eigenvalue weighted by Gasteiger charge is -2.11. The van der Waals surface area contributed by atoms with Crippen molar-refractivity contribution in [1.29, 1.82) is 0 Å². The van der Waals surface area contributed by atoms with Gasteiger partial charge in [0, 0.05) is 24.5 Å². The summed E-state index contributed by atoms with van der Waals surface area (Å²) in [5, 5.41) is 14.7. The summed E-state index contributed by atoms with van der Waals surface area (Å²) in [7, 11) is 0. The second-order valence-electron chi connectivity index (χ2n) is 3.80. The third-order valence-electron chi connectivity index (χ3n) is 2.70. The van der Waals surface area contributed by atoms with Crippen molar-refractivity contribution in [2.75, 3.05) is 0 Å². The second-order valence-corrected chi connectivity index (χ2v) is 3.80.